The number of fused-ring (bicyclic) bond motifs is 1. The Morgan fingerprint density at radius 2 is 2.38 bits per heavy atom. The molecule has 0 aliphatic carbocycles. The summed E-state index contributed by atoms with van der Waals surface area (Å²) in [5.41, 5.74) is 0.503. The van der Waals surface area contributed by atoms with Gasteiger partial charge in [-0.2, -0.15) is 0 Å². The first kappa shape index (κ1) is 10.6. The van der Waals surface area contributed by atoms with E-state index in [4.69, 9.17) is 4.74 Å². The minimum atomic E-state index is -0.827. The van der Waals surface area contributed by atoms with Crippen LogP contribution in [0.3, 0.4) is 0 Å². The highest BCUT2D eigenvalue weighted by Crippen LogP contribution is 2.14. The SMILES string of the molecule is CCOC(=O)C1C=[N+](C)n2cccc2C1=O. The number of carbonyl (C=O) groups is 2. The standard InChI is InChI=1S/C11H13N2O3/c1-3-16-11(15)8-7-12(2)13-6-4-5-9(13)10(8)14/h4-8H,3H2,1-2H3/q+1. The Kier molecular flexibility index (Phi) is 2.60. The number of carbonyl (C=O) groups excluding carboxylic acids is 2. The highest BCUT2D eigenvalue weighted by molar-refractivity contribution is 6.17. The summed E-state index contributed by atoms with van der Waals surface area (Å²) in [7, 11) is 1.78. The van der Waals surface area contributed by atoms with E-state index >= 15 is 0 Å². The van der Waals surface area contributed by atoms with Gasteiger partial charge in [0.15, 0.2) is 13.3 Å². The lowest BCUT2D eigenvalue weighted by Crippen LogP contribution is -2.38. The van der Waals surface area contributed by atoms with Crippen molar-refractivity contribution in [2.24, 2.45) is 5.92 Å². The molecule has 0 saturated heterocycles. The molecule has 0 amide bonds. The first-order valence-electron chi connectivity index (χ1n) is 5.11. The molecule has 1 aromatic rings. The van der Waals surface area contributed by atoms with Crippen molar-refractivity contribution in [1.29, 1.82) is 0 Å². The van der Waals surface area contributed by atoms with E-state index in [1.54, 1.807) is 47.9 Å². The van der Waals surface area contributed by atoms with Crippen LogP contribution in [0.1, 0.15) is 17.4 Å². The lowest BCUT2D eigenvalue weighted by atomic mass is 10.0. The van der Waals surface area contributed by atoms with Crippen molar-refractivity contribution >= 4 is 18.0 Å². The van der Waals surface area contributed by atoms with Crippen molar-refractivity contribution in [2.75, 3.05) is 13.7 Å². The fourth-order valence-electron chi connectivity index (χ4n) is 1.76. The van der Waals surface area contributed by atoms with E-state index in [0.29, 0.717) is 5.69 Å². The predicted molar refractivity (Wildman–Crippen MR) is 56.5 cm³/mol. The highest BCUT2D eigenvalue weighted by Gasteiger charge is 2.37. The van der Waals surface area contributed by atoms with Gasteiger partial charge in [-0.25, -0.2) is 0 Å². The number of hydrogen-bond acceptors (Lipinski definition) is 3. The van der Waals surface area contributed by atoms with Gasteiger partial charge in [-0.15, -0.1) is 9.36 Å². The summed E-state index contributed by atoms with van der Waals surface area (Å²) >= 11 is 0. The second-order valence-electron chi connectivity index (χ2n) is 3.55. The fourth-order valence-corrected chi connectivity index (χ4v) is 1.76. The number of nitrogens with zero attached hydrogens (tertiary/aromatic N) is 2. The summed E-state index contributed by atoms with van der Waals surface area (Å²) in [6, 6.07) is 3.46. The molecular formula is C11H13N2O3+. The lowest BCUT2D eigenvalue weighted by molar-refractivity contribution is -0.556. The topological polar surface area (TPSA) is 51.3 Å². The van der Waals surface area contributed by atoms with Gasteiger partial charge >= 0.3 is 5.97 Å². The molecule has 5 heteroatoms. The zero-order chi connectivity index (χ0) is 11.7. The van der Waals surface area contributed by atoms with Gasteiger partial charge in [0.1, 0.15) is 5.69 Å². The molecule has 2 rings (SSSR count). The molecule has 1 aliphatic heterocycles. The van der Waals surface area contributed by atoms with Gasteiger partial charge in [0, 0.05) is 0 Å². The van der Waals surface area contributed by atoms with Crippen molar-refractivity contribution in [3.8, 4) is 0 Å². The molecule has 0 spiro atoms. The van der Waals surface area contributed by atoms with E-state index in [0.717, 1.165) is 0 Å². The number of aromatic nitrogens is 1. The lowest BCUT2D eigenvalue weighted by Gasteiger charge is -2.14. The number of ether oxygens (including phenoxy) is 1. The fraction of sp³-hybridized carbons (Fsp3) is 0.364. The van der Waals surface area contributed by atoms with Crippen LogP contribution in [0.15, 0.2) is 18.3 Å². The Morgan fingerprint density at radius 3 is 3.06 bits per heavy atom. The van der Waals surface area contributed by atoms with Gasteiger partial charge in [0.05, 0.1) is 12.8 Å². The van der Waals surface area contributed by atoms with E-state index in [2.05, 4.69) is 0 Å². The van der Waals surface area contributed by atoms with E-state index in [9.17, 15) is 9.59 Å². The molecule has 0 N–H and O–H groups in total. The van der Waals surface area contributed by atoms with E-state index in [-0.39, 0.29) is 12.4 Å². The van der Waals surface area contributed by atoms with Gasteiger partial charge in [-0.05, 0) is 19.1 Å². The molecule has 2 heterocycles. The summed E-state index contributed by atoms with van der Waals surface area (Å²) in [6.07, 6.45) is 3.33. The quantitative estimate of drug-likeness (QED) is 0.411. The van der Waals surface area contributed by atoms with Gasteiger partial charge in [0.2, 0.25) is 11.7 Å². The molecule has 1 unspecified atom stereocenters. The molecule has 1 aliphatic rings. The monoisotopic (exact) mass is 221 g/mol. The summed E-state index contributed by atoms with van der Waals surface area (Å²) in [5, 5.41) is 0. The zero-order valence-corrected chi connectivity index (χ0v) is 9.21. The largest absolute Gasteiger partial charge is 0.465 e. The van der Waals surface area contributed by atoms with Crippen LogP contribution in [0.2, 0.25) is 0 Å². The van der Waals surface area contributed by atoms with Gasteiger partial charge in [0.25, 0.3) is 0 Å². The summed E-state index contributed by atoms with van der Waals surface area (Å²) < 4.78 is 8.26. The number of hydrogen-bond donors (Lipinski definition) is 0. The van der Waals surface area contributed by atoms with Gasteiger partial charge in [-0.1, -0.05) is 0 Å². The molecule has 0 fully saturated rings. The van der Waals surface area contributed by atoms with Crippen molar-refractivity contribution in [3.63, 3.8) is 0 Å². The third-order valence-electron chi connectivity index (χ3n) is 2.51. The van der Waals surface area contributed by atoms with E-state index < -0.39 is 11.9 Å². The summed E-state index contributed by atoms with van der Waals surface area (Å²) in [5.74, 6) is -1.54. The van der Waals surface area contributed by atoms with Crippen LogP contribution < -0.4 is 0 Å². The smallest absolute Gasteiger partial charge is 0.327 e. The van der Waals surface area contributed by atoms with E-state index in [1.165, 1.54) is 0 Å². The minimum Gasteiger partial charge on any atom is -0.465 e. The van der Waals surface area contributed by atoms with Crippen LogP contribution in [0.4, 0.5) is 0 Å². The minimum absolute atomic E-state index is 0.221. The van der Waals surface area contributed by atoms with Crippen LogP contribution in [0, 0.1) is 5.92 Å². The Bertz CT molecular complexity index is 473. The molecular weight excluding hydrogens is 208 g/mol. The average Bonchev–Trinajstić information content (AvgIpc) is 2.73. The number of rotatable bonds is 2. The first-order valence-corrected chi connectivity index (χ1v) is 5.11. The predicted octanol–water partition coefficient (Wildman–Crippen LogP) is 0.340. The van der Waals surface area contributed by atoms with Crippen molar-refractivity contribution in [3.05, 3.63) is 24.0 Å². The Hall–Kier alpha value is -1.91. The highest BCUT2D eigenvalue weighted by atomic mass is 16.5. The Labute approximate surface area is 92.9 Å². The molecule has 0 radical (unpaired) electrons. The molecule has 0 saturated carbocycles. The van der Waals surface area contributed by atoms with Crippen LogP contribution in [-0.4, -0.2) is 41.0 Å². The second-order valence-corrected chi connectivity index (χ2v) is 3.55. The maximum absolute atomic E-state index is 12.0. The van der Waals surface area contributed by atoms with Crippen LogP contribution in [0.5, 0.6) is 0 Å². The maximum Gasteiger partial charge on any atom is 0.327 e. The second kappa shape index (κ2) is 3.92. The molecule has 1 aromatic heterocycles. The molecule has 0 bridgehead atoms. The van der Waals surface area contributed by atoms with E-state index in [1.807, 2.05) is 0 Å². The molecule has 16 heavy (non-hydrogen) atoms. The normalized spacial score (nSPS) is 19.0. The third-order valence-corrected chi connectivity index (χ3v) is 2.51. The number of Topliss-reactive ketones (excluding diaryl/α,β-unsaturated/α-hetero) is 1. The Balaban J connectivity index is 2.36. The molecule has 84 valence electrons. The van der Waals surface area contributed by atoms with Gasteiger partial charge < -0.3 is 4.74 Å². The molecule has 1 atom stereocenters. The third kappa shape index (κ3) is 1.54. The van der Waals surface area contributed by atoms with Crippen molar-refractivity contribution in [2.45, 2.75) is 6.92 Å². The van der Waals surface area contributed by atoms with Crippen molar-refractivity contribution in [1.82, 2.24) is 4.68 Å². The molecule has 5 nitrogen and oxygen atoms in total. The molecule has 0 aromatic carbocycles. The summed E-state index contributed by atoms with van der Waals surface area (Å²) in [6.45, 7) is 2.00. The van der Waals surface area contributed by atoms with Crippen LogP contribution >= 0.6 is 0 Å². The summed E-state index contributed by atoms with van der Waals surface area (Å²) in [4.78, 5) is 23.5. The maximum atomic E-state index is 12.0. The van der Waals surface area contributed by atoms with Crippen LogP contribution in [-0.2, 0) is 9.53 Å². The van der Waals surface area contributed by atoms with Crippen LogP contribution in [0.25, 0.3) is 0 Å². The first-order chi connectivity index (χ1) is 7.65. The average molecular weight is 221 g/mol. The zero-order valence-electron chi connectivity index (χ0n) is 9.21. The number of esters is 1. The number of ketones is 1. The van der Waals surface area contributed by atoms with Crippen molar-refractivity contribution < 1.29 is 19.0 Å². The van der Waals surface area contributed by atoms with Gasteiger partial charge in [-0.3, -0.25) is 9.59 Å². The Morgan fingerprint density at radius 1 is 1.62 bits per heavy atom.